The molecule has 0 amide bonds. The van der Waals surface area contributed by atoms with Crippen molar-refractivity contribution in [1.29, 1.82) is 5.26 Å². The van der Waals surface area contributed by atoms with E-state index in [9.17, 15) is 0 Å². The van der Waals surface area contributed by atoms with Crippen LogP contribution in [0.25, 0.3) is 0 Å². The smallest absolute Gasteiger partial charge is 0.100 e. The molecule has 1 saturated heterocycles. The number of nitrogens with zero attached hydrogens (tertiary/aromatic N) is 3. The predicted molar refractivity (Wildman–Crippen MR) is 53.3 cm³/mol. The van der Waals surface area contributed by atoms with Crippen LogP contribution in [-0.2, 0) is 0 Å². The van der Waals surface area contributed by atoms with Gasteiger partial charge in [-0.3, -0.25) is 4.90 Å². The van der Waals surface area contributed by atoms with Gasteiger partial charge >= 0.3 is 0 Å². The third-order valence-electron chi connectivity index (χ3n) is 2.70. The first-order valence-corrected chi connectivity index (χ1v) is 4.97. The van der Waals surface area contributed by atoms with Crippen LogP contribution in [0.1, 0.15) is 13.8 Å². The SMILES string of the molecule is CC(C)C(C#N)N1CCN(C)CC1. The Bertz CT molecular complexity index is 187. The Kier molecular flexibility index (Phi) is 3.71. The van der Waals surface area contributed by atoms with E-state index in [1.54, 1.807) is 0 Å². The highest BCUT2D eigenvalue weighted by Gasteiger charge is 2.24. The molecule has 1 unspecified atom stereocenters. The Morgan fingerprint density at radius 2 is 1.69 bits per heavy atom. The molecule has 3 nitrogen and oxygen atoms in total. The molecule has 1 atom stereocenters. The molecule has 1 heterocycles. The molecule has 0 aromatic heterocycles. The van der Waals surface area contributed by atoms with Gasteiger partial charge in [-0.1, -0.05) is 13.8 Å². The van der Waals surface area contributed by atoms with Gasteiger partial charge in [0, 0.05) is 26.2 Å². The van der Waals surface area contributed by atoms with Gasteiger partial charge < -0.3 is 4.90 Å². The summed E-state index contributed by atoms with van der Waals surface area (Å²) in [6, 6.07) is 2.50. The maximum Gasteiger partial charge on any atom is 0.100 e. The maximum absolute atomic E-state index is 9.01. The second-order valence-electron chi connectivity index (χ2n) is 4.16. The Morgan fingerprint density at radius 3 is 2.08 bits per heavy atom. The molecule has 0 radical (unpaired) electrons. The van der Waals surface area contributed by atoms with Crippen LogP contribution in [0.2, 0.25) is 0 Å². The highest BCUT2D eigenvalue weighted by atomic mass is 15.3. The van der Waals surface area contributed by atoms with Crippen molar-refractivity contribution in [3.63, 3.8) is 0 Å². The summed E-state index contributed by atoms with van der Waals surface area (Å²) < 4.78 is 0. The molecule has 1 aliphatic heterocycles. The van der Waals surface area contributed by atoms with E-state index in [0.29, 0.717) is 5.92 Å². The normalized spacial score (nSPS) is 23.0. The quantitative estimate of drug-likeness (QED) is 0.630. The highest BCUT2D eigenvalue weighted by Crippen LogP contribution is 2.12. The van der Waals surface area contributed by atoms with Crippen LogP contribution in [0.15, 0.2) is 0 Å². The Hall–Kier alpha value is -0.590. The predicted octanol–water partition coefficient (Wildman–Crippen LogP) is 0.782. The van der Waals surface area contributed by atoms with Gasteiger partial charge in [-0.2, -0.15) is 5.26 Å². The van der Waals surface area contributed by atoms with Gasteiger partial charge in [-0.15, -0.1) is 0 Å². The van der Waals surface area contributed by atoms with Crippen molar-refractivity contribution in [2.45, 2.75) is 19.9 Å². The van der Waals surface area contributed by atoms with Crippen molar-refractivity contribution in [3.8, 4) is 6.07 Å². The minimum absolute atomic E-state index is 0.105. The summed E-state index contributed by atoms with van der Waals surface area (Å²) in [5, 5.41) is 9.01. The van der Waals surface area contributed by atoms with Crippen LogP contribution in [0.5, 0.6) is 0 Å². The van der Waals surface area contributed by atoms with E-state index >= 15 is 0 Å². The molecule has 0 bridgehead atoms. The van der Waals surface area contributed by atoms with Crippen molar-refractivity contribution < 1.29 is 0 Å². The summed E-state index contributed by atoms with van der Waals surface area (Å²) in [5.74, 6) is 0.438. The lowest BCUT2D eigenvalue weighted by molar-refractivity contribution is 0.114. The number of piperazine rings is 1. The molecule has 1 rings (SSSR count). The summed E-state index contributed by atoms with van der Waals surface area (Å²) in [5.41, 5.74) is 0. The van der Waals surface area contributed by atoms with Gasteiger partial charge in [0.15, 0.2) is 0 Å². The molecule has 13 heavy (non-hydrogen) atoms. The van der Waals surface area contributed by atoms with Crippen LogP contribution < -0.4 is 0 Å². The van der Waals surface area contributed by atoms with E-state index in [0.717, 1.165) is 26.2 Å². The first-order chi connectivity index (χ1) is 6.15. The van der Waals surface area contributed by atoms with Crippen LogP contribution in [0, 0.1) is 17.2 Å². The van der Waals surface area contributed by atoms with Crippen molar-refractivity contribution >= 4 is 0 Å². The zero-order valence-corrected chi connectivity index (χ0v) is 8.82. The number of hydrogen-bond acceptors (Lipinski definition) is 3. The molecule has 0 N–H and O–H groups in total. The van der Waals surface area contributed by atoms with Crippen LogP contribution in [-0.4, -0.2) is 49.1 Å². The van der Waals surface area contributed by atoms with Crippen molar-refractivity contribution in [2.24, 2.45) is 5.92 Å². The molecule has 0 aliphatic carbocycles. The van der Waals surface area contributed by atoms with E-state index in [2.05, 4.69) is 36.8 Å². The highest BCUT2D eigenvalue weighted by molar-refractivity contribution is 4.95. The third-order valence-corrected chi connectivity index (χ3v) is 2.70. The summed E-state index contributed by atoms with van der Waals surface area (Å²) >= 11 is 0. The molecule has 0 aromatic rings. The molecule has 3 heteroatoms. The first-order valence-electron chi connectivity index (χ1n) is 4.97. The lowest BCUT2D eigenvalue weighted by atomic mass is 10.0. The molecular formula is C10H19N3. The largest absolute Gasteiger partial charge is 0.304 e. The average Bonchev–Trinajstić information content (AvgIpc) is 2.09. The molecule has 74 valence electrons. The van der Waals surface area contributed by atoms with E-state index in [1.807, 2.05) is 0 Å². The second kappa shape index (κ2) is 4.59. The van der Waals surface area contributed by atoms with Crippen LogP contribution in [0.4, 0.5) is 0 Å². The zero-order chi connectivity index (χ0) is 9.84. The van der Waals surface area contributed by atoms with E-state index in [4.69, 9.17) is 5.26 Å². The standard InChI is InChI=1S/C10H19N3/c1-9(2)10(8-11)13-6-4-12(3)5-7-13/h9-10H,4-7H2,1-3H3. The molecule has 1 fully saturated rings. The van der Waals surface area contributed by atoms with Crippen LogP contribution >= 0.6 is 0 Å². The Labute approximate surface area is 80.9 Å². The summed E-state index contributed by atoms with van der Waals surface area (Å²) in [6.07, 6.45) is 0. The van der Waals surface area contributed by atoms with Gasteiger partial charge in [-0.05, 0) is 13.0 Å². The fourth-order valence-corrected chi connectivity index (χ4v) is 1.75. The fraction of sp³-hybridized carbons (Fsp3) is 0.900. The van der Waals surface area contributed by atoms with Crippen molar-refractivity contribution in [1.82, 2.24) is 9.80 Å². The number of nitriles is 1. The van der Waals surface area contributed by atoms with E-state index < -0.39 is 0 Å². The minimum Gasteiger partial charge on any atom is -0.304 e. The number of rotatable bonds is 2. The molecule has 1 aliphatic rings. The lowest BCUT2D eigenvalue weighted by Gasteiger charge is -2.36. The maximum atomic E-state index is 9.01. The monoisotopic (exact) mass is 181 g/mol. The van der Waals surface area contributed by atoms with Gasteiger partial charge in [0.25, 0.3) is 0 Å². The molecule has 0 aromatic carbocycles. The first kappa shape index (κ1) is 10.5. The van der Waals surface area contributed by atoms with Gasteiger partial charge in [0.2, 0.25) is 0 Å². The lowest BCUT2D eigenvalue weighted by Crippen LogP contribution is -2.50. The van der Waals surface area contributed by atoms with Crippen molar-refractivity contribution in [3.05, 3.63) is 0 Å². The molecule has 0 spiro atoms. The third kappa shape index (κ3) is 2.68. The topological polar surface area (TPSA) is 30.3 Å². The minimum atomic E-state index is 0.105. The Balaban J connectivity index is 2.47. The summed E-state index contributed by atoms with van der Waals surface area (Å²) in [6.45, 7) is 8.48. The number of hydrogen-bond donors (Lipinski definition) is 0. The van der Waals surface area contributed by atoms with Gasteiger partial charge in [0.05, 0.1) is 6.07 Å². The van der Waals surface area contributed by atoms with Gasteiger partial charge in [0.1, 0.15) is 6.04 Å². The molecular weight excluding hydrogens is 162 g/mol. The average molecular weight is 181 g/mol. The van der Waals surface area contributed by atoms with Gasteiger partial charge in [-0.25, -0.2) is 0 Å². The fourth-order valence-electron chi connectivity index (χ4n) is 1.75. The summed E-state index contributed by atoms with van der Waals surface area (Å²) in [7, 11) is 2.13. The van der Waals surface area contributed by atoms with E-state index in [-0.39, 0.29) is 6.04 Å². The summed E-state index contributed by atoms with van der Waals surface area (Å²) in [4.78, 5) is 4.61. The zero-order valence-electron chi connectivity index (χ0n) is 8.82. The number of likely N-dealkylation sites (N-methyl/N-ethyl adjacent to an activating group) is 1. The van der Waals surface area contributed by atoms with E-state index in [1.165, 1.54) is 0 Å². The molecule has 0 saturated carbocycles. The van der Waals surface area contributed by atoms with Crippen LogP contribution in [0.3, 0.4) is 0 Å². The van der Waals surface area contributed by atoms with Crippen molar-refractivity contribution in [2.75, 3.05) is 33.2 Å². The Morgan fingerprint density at radius 1 is 1.15 bits per heavy atom. The second-order valence-corrected chi connectivity index (χ2v) is 4.16.